The quantitative estimate of drug-likeness (QED) is 0.308. The number of amides is 1. The number of nitrogens with one attached hydrogen (secondary N) is 2. The average molecular weight is 484 g/mol. The first-order chi connectivity index (χ1) is 17.0. The van der Waals surface area contributed by atoms with Crippen LogP contribution < -0.4 is 10.6 Å². The van der Waals surface area contributed by atoms with Gasteiger partial charge in [0.15, 0.2) is 5.82 Å². The lowest BCUT2D eigenvalue weighted by molar-refractivity contribution is 0.0963. The summed E-state index contributed by atoms with van der Waals surface area (Å²) in [7, 11) is 1.60. The minimum atomic E-state index is -0.497. The lowest BCUT2D eigenvalue weighted by atomic mass is 10.0. The van der Waals surface area contributed by atoms with Crippen LogP contribution in [0.2, 0.25) is 5.02 Å². The van der Waals surface area contributed by atoms with E-state index in [0.29, 0.717) is 22.9 Å². The number of nitrogens with zero attached hydrogens (tertiary/aromatic N) is 3. The number of aromatic nitrogens is 3. The lowest BCUT2D eigenvalue weighted by Crippen LogP contribution is -2.17. The topological polar surface area (TPSA) is 79.8 Å². The van der Waals surface area contributed by atoms with E-state index in [-0.39, 0.29) is 10.9 Å². The van der Waals surface area contributed by atoms with Crippen LogP contribution in [-0.2, 0) is 0 Å². The van der Waals surface area contributed by atoms with E-state index >= 15 is 0 Å². The van der Waals surface area contributed by atoms with Crippen molar-refractivity contribution in [2.45, 2.75) is 0 Å². The van der Waals surface area contributed by atoms with Gasteiger partial charge in [-0.25, -0.2) is 14.4 Å². The third kappa shape index (κ3) is 4.67. The van der Waals surface area contributed by atoms with Gasteiger partial charge < -0.3 is 10.6 Å². The molecule has 0 aliphatic heterocycles. The first kappa shape index (κ1) is 22.4. The van der Waals surface area contributed by atoms with Crippen LogP contribution in [-0.4, -0.2) is 27.9 Å². The molecule has 0 atom stereocenters. The van der Waals surface area contributed by atoms with Gasteiger partial charge in [0.2, 0.25) is 0 Å². The monoisotopic (exact) mass is 483 g/mol. The number of carbonyl (C=O) groups excluding carboxylic acids is 1. The second-order valence-electron chi connectivity index (χ2n) is 7.78. The van der Waals surface area contributed by atoms with Crippen LogP contribution >= 0.6 is 11.6 Å². The molecule has 0 fully saturated rings. The molecule has 2 aromatic heterocycles. The molecule has 0 aliphatic rings. The van der Waals surface area contributed by atoms with Crippen molar-refractivity contribution < 1.29 is 9.18 Å². The van der Waals surface area contributed by atoms with Gasteiger partial charge in [-0.2, -0.15) is 0 Å². The Morgan fingerprint density at radius 3 is 2.43 bits per heavy atom. The van der Waals surface area contributed by atoms with Gasteiger partial charge in [-0.1, -0.05) is 29.8 Å². The molecule has 35 heavy (non-hydrogen) atoms. The number of pyridine rings is 1. The number of rotatable bonds is 5. The fraction of sp³-hybridized carbons (Fsp3) is 0.0370. The van der Waals surface area contributed by atoms with E-state index in [9.17, 15) is 9.18 Å². The Morgan fingerprint density at radius 1 is 0.914 bits per heavy atom. The maximum absolute atomic E-state index is 13.7. The zero-order valence-corrected chi connectivity index (χ0v) is 19.3. The molecule has 8 heteroatoms. The second-order valence-corrected chi connectivity index (χ2v) is 8.19. The van der Waals surface area contributed by atoms with Crippen LogP contribution in [0.4, 0.5) is 15.9 Å². The molecule has 2 N–H and O–H groups in total. The predicted octanol–water partition coefficient (Wildman–Crippen LogP) is 6.25. The van der Waals surface area contributed by atoms with Crippen molar-refractivity contribution in [2.75, 3.05) is 12.4 Å². The van der Waals surface area contributed by atoms with Crippen molar-refractivity contribution in [2.24, 2.45) is 0 Å². The van der Waals surface area contributed by atoms with Crippen molar-refractivity contribution in [1.29, 1.82) is 0 Å². The average Bonchev–Trinajstić information content (AvgIpc) is 2.90. The summed E-state index contributed by atoms with van der Waals surface area (Å²) in [4.78, 5) is 25.5. The number of halogens is 2. The summed E-state index contributed by atoms with van der Waals surface area (Å²) in [5, 5.41) is 6.66. The Bertz CT molecular complexity index is 1540. The number of benzene rings is 3. The molecule has 5 aromatic rings. The van der Waals surface area contributed by atoms with E-state index in [1.807, 2.05) is 42.5 Å². The molecule has 3 aromatic carbocycles. The summed E-state index contributed by atoms with van der Waals surface area (Å²) >= 11 is 5.99. The normalized spacial score (nSPS) is 10.8. The van der Waals surface area contributed by atoms with Crippen molar-refractivity contribution in [3.05, 3.63) is 102 Å². The smallest absolute Gasteiger partial charge is 0.251 e. The highest BCUT2D eigenvalue weighted by atomic mass is 35.5. The van der Waals surface area contributed by atoms with Crippen molar-refractivity contribution in [3.8, 4) is 22.5 Å². The number of anilines is 2. The van der Waals surface area contributed by atoms with Crippen LogP contribution in [0.15, 0.2) is 85.2 Å². The van der Waals surface area contributed by atoms with Crippen LogP contribution in [0.25, 0.3) is 33.4 Å². The summed E-state index contributed by atoms with van der Waals surface area (Å²) in [5.41, 5.74) is 4.53. The van der Waals surface area contributed by atoms with Gasteiger partial charge in [-0.15, -0.1) is 0 Å². The third-order valence-electron chi connectivity index (χ3n) is 5.51. The Labute approximate surface area is 205 Å². The van der Waals surface area contributed by atoms with Crippen LogP contribution in [0.3, 0.4) is 0 Å². The number of hydrogen-bond donors (Lipinski definition) is 2. The van der Waals surface area contributed by atoms with Gasteiger partial charge in [0.25, 0.3) is 5.91 Å². The van der Waals surface area contributed by atoms with E-state index in [1.54, 1.807) is 37.6 Å². The molecule has 0 aliphatic carbocycles. The summed E-state index contributed by atoms with van der Waals surface area (Å²) in [6, 6.07) is 21.3. The zero-order valence-electron chi connectivity index (χ0n) is 18.6. The predicted molar refractivity (Wildman–Crippen MR) is 136 cm³/mol. The summed E-state index contributed by atoms with van der Waals surface area (Å²) < 4.78 is 13.7. The lowest BCUT2D eigenvalue weighted by Gasteiger charge is -2.13. The van der Waals surface area contributed by atoms with Crippen LogP contribution in [0.1, 0.15) is 10.4 Å². The molecule has 0 unspecified atom stereocenters. The highest BCUT2D eigenvalue weighted by Gasteiger charge is 2.13. The molecule has 5 rings (SSSR count). The maximum atomic E-state index is 13.7. The third-order valence-corrected chi connectivity index (χ3v) is 5.79. The molecule has 0 radical (unpaired) electrons. The summed E-state index contributed by atoms with van der Waals surface area (Å²) in [6.45, 7) is 0. The number of hydrogen-bond acceptors (Lipinski definition) is 5. The molecule has 0 bridgehead atoms. The largest absolute Gasteiger partial charge is 0.355 e. The highest BCUT2D eigenvalue weighted by molar-refractivity contribution is 6.31. The minimum absolute atomic E-state index is 0.0118. The molecule has 1 amide bonds. The molecule has 172 valence electrons. The first-order valence-corrected chi connectivity index (χ1v) is 11.2. The summed E-state index contributed by atoms with van der Waals surface area (Å²) in [6.07, 6.45) is 3.38. The Kier molecular flexibility index (Phi) is 6.08. The van der Waals surface area contributed by atoms with E-state index in [2.05, 4.69) is 15.6 Å². The molecule has 0 saturated carbocycles. The van der Waals surface area contributed by atoms with Gasteiger partial charge in [-0.3, -0.25) is 9.78 Å². The highest BCUT2D eigenvalue weighted by Crippen LogP contribution is 2.32. The molecule has 0 spiro atoms. The molecule has 6 nitrogen and oxygen atoms in total. The van der Waals surface area contributed by atoms with Crippen molar-refractivity contribution in [3.63, 3.8) is 0 Å². The minimum Gasteiger partial charge on any atom is -0.355 e. The SMILES string of the molecule is CNC(=O)c1ccc(-c2ccc3nc(-c4cccnc4)nc(Nc4ccc(F)c(Cl)c4)c3c2)cc1. The van der Waals surface area contributed by atoms with Gasteiger partial charge in [0, 0.05) is 41.6 Å². The van der Waals surface area contributed by atoms with Crippen LogP contribution in [0.5, 0.6) is 0 Å². The van der Waals surface area contributed by atoms with Gasteiger partial charge in [0.05, 0.1) is 10.5 Å². The van der Waals surface area contributed by atoms with Crippen molar-refractivity contribution >= 4 is 39.9 Å². The van der Waals surface area contributed by atoms with Crippen LogP contribution in [0, 0.1) is 5.82 Å². The van der Waals surface area contributed by atoms with Crippen molar-refractivity contribution in [1.82, 2.24) is 20.3 Å². The van der Waals surface area contributed by atoms with E-state index in [1.165, 1.54) is 12.1 Å². The van der Waals surface area contributed by atoms with E-state index in [4.69, 9.17) is 21.6 Å². The fourth-order valence-electron chi connectivity index (χ4n) is 3.70. The number of fused-ring (bicyclic) bond motifs is 1. The maximum Gasteiger partial charge on any atom is 0.251 e. The fourth-order valence-corrected chi connectivity index (χ4v) is 3.88. The van der Waals surface area contributed by atoms with Gasteiger partial charge >= 0.3 is 0 Å². The van der Waals surface area contributed by atoms with Gasteiger partial charge in [-0.05, 0) is 65.7 Å². The molecular formula is C27H19ClFN5O. The Hall–Kier alpha value is -4.36. The van der Waals surface area contributed by atoms with E-state index in [0.717, 1.165) is 27.6 Å². The molecule has 0 saturated heterocycles. The Balaban J connectivity index is 1.62. The van der Waals surface area contributed by atoms with Gasteiger partial charge in [0.1, 0.15) is 11.6 Å². The Morgan fingerprint density at radius 2 is 1.71 bits per heavy atom. The molecular weight excluding hydrogens is 465 g/mol. The second kappa shape index (κ2) is 9.48. The standard InChI is InChI=1S/C27H19ClFN5O/c1-30-27(35)17-6-4-16(5-7-17)18-8-11-24-21(13-18)26(32-20-9-10-23(29)22(28)14-20)34-25(33-24)19-3-2-12-31-15-19/h2-15H,1H3,(H,30,35)(H,32,33,34). The number of carbonyl (C=O) groups is 1. The molecule has 2 heterocycles. The van der Waals surface area contributed by atoms with E-state index < -0.39 is 5.82 Å². The zero-order chi connectivity index (χ0) is 24.4. The summed E-state index contributed by atoms with van der Waals surface area (Å²) in [5.74, 6) is 0.406. The first-order valence-electron chi connectivity index (χ1n) is 10.8.